The molecule has 148 valence electrons. The van der Waals surface area contributed by atoms with E-state index in [1.54, 1.807) is 0 Å². The first-order valence-corrected chi connectivity index (χ1v) is 8.32. The Morgan fingerprint density at radius 3 is 2.36 bits per heavy atom. The summed E-state index contributed by atoms with van der Waals surface area (Å²) in [6, 6.07) is 7.04. The van der Waals surface area contributed by atoms with E-state index in [0.717, 1.165) is 13.0 Å². The minimum absolute atomic E-state index is 0.0336. The smallest absolute Gasteiger partial charge is 0.325 e. The molecule has 1 aromatic carbocycles. The Hall–Kier alpha value is -3.54. The fourth-order valence-corrected chi connectivity index (χ4v) is 2.64. The summed E-state index contributed by atoms with van der Waals surface area (Å²) in [5.41, 5.74) is -2.61. The minimum Gasteiger partial charge on any atom is -0.481 e. The molecule has 0 aliphatic heterocycles. The van der Waals surface area contributed by atoms with Crippen LogP contribution in [0.3, 0.4) is 0 Å². The minimum atomic E-state index is -2.55. The van der Waals surface area contributed by atoms with Crippen molar-refractivity contribution in [1.29, 1.82) is 5.26 Å². The number of carboxylic acids is 2. The number of hydrogen-bond acceptors (Lipinski definition) is 7. The van der Waals surface area contributed by atoms with E-state index in [9.17, 15) is 29.1 Å². The van der Waals surface area contributed by atoms with Crippen molar-refractivity contribution in [3.8, 4) is 6.07 Å². The molecule has 0 bridgehead atoms. The molecule has 28 heavy (non-hydrogen) atoms. The third kappa shape index (κ3) is 5.48. The molecule has 0 saturated carbocycles. The van der Waals surface area contributed by atoms with Gasteiger partial charge in [-0.3, -0.25) is 24.0 Å². The lowest BCUT2D eigenvalue weighted by atomic mass is 9.72. The Labute approximate surface area is 160 Å². The van der Waals surface area contributed by atoms with E-state index in [1.165, 1.54) is 18.2 Å². The second-order valence-corrected chi connectivity index (χ2v) is 6.04. The number of nitrogens with zero attached hydrogens (tertiary/aromatic N) is 1. The van der Waals surface area contributed by atoms with Gasteiger partial charge in [0.1, 0.15) is 0 Å². The molecule has 9 nitrogen and oxygen atoms in total. The number of ether oxygens (including phenoxy) is 1. The van der Waals surface area contributed by atoms with Crippen molar-refractivity contribution < 1.29 is 38.9 Å². The Morgan fingerprint density at radius 2 is 1.82 bits per heavy atom. The summed E-state index contributed by atoms with van der Waals surface area (Å²) >= 11 is 0. The van der Waals surface area contributed by atoms with Crippen LogP contribution in [0.5, 0.6) is 0 Å². The molecule has 0 radical (unpaired) electrons. The van der Waals surface area contributed by atoms with Crippen molar-refractivity contribution in [2.45, 2.75) is 32.6 Å². The average molecular weight is 389 g/mol. The number of rotatable bonds is 11. The van der Waals surface area contributed by atoms with Gasteiger partial charge >= 0.3 is 17.9 Å². The van der Waals surface area contributed by atoms with Gasteiger partial charge in [0.2, 0.25) is 0 Å². The van der Waals surface area contributed by atoms with Crippen LogP contribution in [-0.2, 0) is 23.9 Å². The van der Waals surface area contributed by atoms with Crippen molar-refractivity contribution in [3.63, 3.8) is 0 Å². The van der Waals surface area contributed by atoms with Gasteiger partial charge in [0.25, 0.3) is 0 Å². The maximum absolute atomic E-state index is 13.0. The number of aliphatic carboxylic acids is 2. The summed E-state index contributed by atoms with van der Waals surface area (Å²) in [7, 11) is 0. The molecule has 0 heterocycles. The van der Waals surface area contributed by atoms with Crippen molar-refractivity contribution >= 4 is 29.5 Å². The van der Waals surface area contributed by atoms with Crippen LogP contribution < -0.4 is 0 Å². The highest BCUT2D eigenvalue weighted by molar-refractivity contribution is 6.27. The van der Waals surface area contributed by atoms with E-state index in [1.807, 2.05) is 6.07 Å². The maximum Gasteiger partial charge on any atom is 0.325 e. The summed E-state index contributed by atoms with van der Waals surface area (Å²) in [5, 5.41) is 27.5. The van der Waals surface area contributed by atoms with E-state index >= 15 is 0 Å². The molecule has 0 fully saturated rings. The number of esters is 1. The summed E-state index contributed by atoms with van der Waals surface area (Å²) in [6.07, 6.45) is -0.706. The second kappa shape index (κ2) is 9.97. The normalized spacial score (nSPS) is 12.3. The second-order valence-electron chi connectivity index (χ2n) is 6.04. The van der Waals surface area contributed by atoms with Crippen molar-refractivity contribution in [2.24, 2.45) is 5.41 Å². The number of carbonyl (C=O) groups is 5. The predicted molar refractivity (Wildman–Crippen MR) is 93.3 cm³/mol. The number of nitriles is 1. The zero-order chi connectivity index (χ0) is 21.3. The van der Waals surface area contributed by atoms with Crippen LogP contribution in [-0.4, -0.2) is 46.3 Å². The fourth-order valence-electron chi connectivity index (χ4n) is 2.64. The topological polar surface area (TPSA) is 159 Å². The highest BCUT2D eigenvalue weighted by Crippen LogP contribution is 2.32. The number of carboxylic acid groups (broad SMARTS) is 2. The lowest BCUT2D eigenvalue weighted by Crippen LogP contribution is -2.48. The van der Waals surface area contributed by atoms with Gasteiger partial charge < -0.3 is 14.9 Å². The molecular weight excluding hydrogens is 370 g/mol. The molecule has 9 heteroatoms. The monoisotopic (exact) mass is 389 g/mol. The fraction of sp³-hybridized carbons (Fsp3) is 0.368. The molecule has 1 aromatic rings. The molecule has 0 aromatic heterocycles. The predicted octanol–water partition coefficient (Wildman–Crippen LogP) is 1.59. The van der Waals surface area contributed by atoms with E-state index in [0.29, 0.717) is 0 Å². The molecule has 1 unspecified atom stereocenters. The lowest BCUT2D eigenvalue weighted by molar-refractivity contribution is -0.157. The number of Topliss-reactive ketones (excluding diaryl/α,β-unsaturated/α-hetero) is 2. The van der Waals surface area contributed by atoms with Gasteiger partial charge in [-0.25, -0.2) is 0 Å². The number of unbranched alkanes of at least 4 members (excludes halogenated alkanes) is 1. The van der Waals surface area contributed by atoms with Crippen molar-refractivity contribution in [3.05, 3.63) is 35.4 Å². The Balaban J connectivity index is 3.32. The number of benzene rings is 1. The van der Waals surface area contributed by atoms with E-state index in [4.69, 9.17) is 10.4 Å². The van der Waals surface area contributed by atoms with E-state index < -0.39 is 47.9 Å². The van der Waals surface area contributed by atoms with Crippen LogP contribution in [0, 0.1) is 16.7 Å². The van der Waals surface area contributed by atoms with Crippen LogP contribution in [0.2, 0.25) is 0 Å². The lowest BCUT2D eigenvalue weighted by Gasteiger charge is -2.26. The van der Waals surface area contributed by atoms with Crippen LogP contribution in [0.25, 0.3) is 0 Å². The Kier molecular flexibility index (Phi) is 8.01. The van der Waals surface area contributed by atoms with E-state index in [-0.39, 0.29) is 30.4 Å². The average Bonchev–Trinajstić information content (AvgIpc) is 2.65. The SMILES string of the molecule is CC(=O)OCC(=O)C(CCCCC(=O)O)(C(=O)O)C(=O)c1cccc(C#N)c1. The molecule has 2 N–H and O–H groups in total. The summed E-state index contributed by atoms with van der Waals surface area (Å²) in [5.74, 6) is -5.83. The molecule has 0 aliphatic rings. The highest BCUT2D eigenvalue weighted by Gasteiger charge is 2.52. The molecule has 0 saturated heterocycles. The molecule has 1 atom stereocenters. The van der Waals surface area contributed by atoms with Crippen molar-refractivity contribution in [1.82, 2.24) is 0 Å². The first kappa shape index (κ1) is 22.5. The summed E-state index contributed by atoms with van der Waals surface area (Å²) in [6.45, 7) is 0.116. The van der Waals surface area contributed by atoms with Crippen LogP contribution in [0.15, 0.2) is 24.3 Å². The number of hydrogen-bond donors (Lipinski definition) is 2. The Morgan fingerprint density at radius 1 is 1.14 bits per heavy atom. The zero-order valence-corrected chi connectivity index (χ0v) is 15.1. The van der Waals surface area contributed by atoms with Gasteiger partial charge in [0, 0.05) is 18.9 Å². The first-order valence-electron chi connectivity index (χ1n) is 8.32. The van der Waals surface area contributed by atoms with Gasteiger partial charge in [0.15, 0.2) is 23.6 Å². The van der Waals surface area contributed by atoms with Crippen LogP contribution >= 0.6 is 0 Å². The van der Waals surface area contributed by atoms with Gasteiger partial charge in [-0.15, -0.1) is 0 Å². The standard InChI is InChI=1S/C19H19NO8/c1-12(21)28-11-15(22)19(18(26)27,8-3-2-7-16(23)24)17(25)14-6-4-5-13(9-14)10-20/h4-6,9H,2-3,7-8,11H2,1H3,(H,23,24)(H,26,27). The largest absolute Gasteiger partial charge is 0.481 e. The molecule has 0 spiro atoms. The van der Waals surface area contributed by atoms with E-state index in [2.05, 4.69) is 4.74 Å². The van der Waals surface area contributed by atoms with Gasteiger partial charge in [-0.2, -0.15) is 5.26 Å². The third-order valence-electron chi connectivity index (χ3n) is 4.08. The van der Waals surface area contributed by atoms with Gasteiger partial charge in [-0.05, 0) is 25.0 Å². The maximum atomic E-state index is 13.0. The first-order chi connectivity index (χ1) is 13.1. The number of carbonyl (C=O) groups excluding carboxylic acids is 3. The Bertz CT molecular complexity index is 839. The zero-order valence-electron chi connectivity index (χ0n) is 15.1. The number of ketones is 2. The molecule has 1 rings (SSSR count). The quantitative estimate of drug-likeness (QED) is 0.248. The highest BCUT2D eigenvalue weighted by atomic mass is 16.5. The van der Waals surface area contributed by atoms with Gasteiger partial charge in [0.05, 0.1) is 11.6 Å². The molecular formula is C19H19NO8. The summed E-state index contributed by atoms with van der Waals surface area (Å²) < 4.78 is 4.58. The van der Waals surface area contributed by atoms with Gasteiger partial charge in [-0.1, -0.05) is 18.6 Å². The molecule has 0 amide bonds. The summed E-state index contributed by atoms with van der Waals surface area (Å²) in [4.78, 5) is 59.4. The molecule has 0 aliphatic carbocycles. The van der Waals surface area contributed by atoms with Crippen LogP contribution in [0.1, 0.15) is 48.5 Å². The van der Waals surface area contributed by atoms with Crippen molar-refractivity contribution in [2.75, 3.05) is 6.61 Å². The van der Waals surface area contributed by atoms with Crippen LogP contribution in [0.4, 0.5) is 0 Å². The third-order valence-corrected chi connectivity index (χ3v) is 4.08.